The van der Waals surface area contributed by atoms with Crippen molar-refractivity contribution < 1.29 is 0 Å². The third-order valence-corrected chi connectivity index (χ3v) is 4.02. The predicted octanol–water partition coefficient (Wildman–Crippen LogP) is 4.28. The molecule has 0 aliphatic carbocycles. The van der Waals surface area contributed by atoms with E-state index >= 15 is 0 Å². The van der Waals surface area contributed by atoms with Crippen LogP contribution in [0.25, 0.3) is 10.9 Å². The van der Waals surface area contributed by atoms with Gasteiger partial charge in [0.1, 0.15) is 0 Å². The summed E-state index contributed by atoms with van der Waals surface area (Å²) in [7, 11) is 0. The van der Waals surface area contributed by atoms with E-state index in [0.29, 0.717) is 6.04 Å². The highest BCUT2D eigenvalue weighted by Gasteiger charge is 2.05. The summed E-state index contributed by atoms with van der Waals surface area (Å²) in [5, 5.41) is 4.95. The van der Waals surface area contributed by atoms with Gasteiger partial charge in [0.05, 0.1) is 0 Å². The van der Waals surface area contributed by atoms with Gasteiger partial charge < -0.3 is 10.3 Å². The summed E-state index contributed by atoms with van der Waals surface area (Å²) in [5.74, 6) is 0. The molecule has 21 heavy (non-hydrogen) atoms. The lowest BCUT2D eigenvalue weighted by Gasteiger charge is -2.13. The van der Waals surface area contributed by atoms with Crippen molar-refractivity contribution in [3.8, 4) is 0 Å². The molecule has 0 aliphatic rings. The van der Waals surface area contributed by atoms with E-state index in [1.54, 1.807) is 0 Å². The SMILES string of the molecule is CC(CCc1ccccc1)NCc1c[nH]c2ccccc12. The highest BCUT2D eigenvalue weighted by Crippen LogP contribution is 2.17. The summed E-state index contributed by atoms with van der Waals surface area (Å²) in [5.41, 5.74) is 3.97. The highest BCUT2D eigenvalue weighted by atomic mass is 14.9. The van der Waals surface area contributed by atoms with Crippen LogP contribution in [0.5, 0.6) is 0 Å². The monoisotopic (exact) mass is 278 g/mol. The van der Waals surface area contributed by atoms with Crippen LogP contribution in [0.3, 0.4) is 0 Å². The zero-order valence-corrected chi connectivity index (χ0v) is 12.5. The summed E-state index contributed by atoms with van der Waals surface area (Å²) in [6.45, 7) is 3.18. The van der Waals surface area contributed by atoms with E-state index in [0.717, 1.165) is 19.4 Å². The smallest absolute Gasteiger partial charge is 0.0457 e. The lowest BCUT2D eigenvalue weighted by molar-refractivity contribution is 0.515. The molecule has 0 spiro atoms. The van der Waals surface area contributed by atoms with Crippen LogP contribution in [0, 0.1) is 0 Å². The molecule has 108 valence electrons. The number of hydrogen-bond acceptors (Lipinski definition) is 1. The fourth-order valence-corrected chi connectivity index (χ4v) is 2.69. The minimum Gasteiger partial charge on any atom is -0.361 e. The molecule has 2 heteroatoms. The summed E-state index contributed by atoms with van der Waals surface area (Å²) >= 11 is 0. The molecule has 0 aliphatic heterocycles. The first kappa shape index (κ1) is 13.9. The normalized spacial score (nSPS) is 12.6. The first-order chi connectivity index (χ1) is 10.3. The molecule has 2 aromatic carbocycles. The van der Waals surface area contributed by atoms with Gasteiger partial charge in [0.2, 0.25) is 0 Å². The topological polar surface area (TPSA) is 27.8 Å². The van der Waals surface area contributed by atoms with Crippen molar-refractivity contribution in [2.45, 2.75) is 32.4 Å². The van der Waals surface area contributed by atoms with Gasteiger partial charge in [-0.3, -0.25) is 0 Å². The third kappa shape index (κ3) is 3.53. The number of hydrogen-bond donors (Lipinski definition) is 2. The number of rotatable bonds is 6. The van der Waals surface area contributed by atoms with Gasteiger partial charge in [0, 0.05) is 29.7 Å². The minimum absolute atomic E-state index is 0.513. The fourth-order valence-electron chi connectivity index (χ4n) is 2.69. The molecule has 0 saturated carbocycles. The number of aryl methyl sites for hydroxylation is 1. The summed E-state index contributed by atoms with van der Waals surface area (Å²) in [4.78, 5) is 3.33. The van der Waals surface area contributed by atoms with Crippen LogP contribution in [0.4, 0.5) is 0 Å². The van der Waals surface area contributed by atoms with E-state index in [2.05, 4.69) is 78.0 Å². The van der Waals surface area contributed by atoms with Crippen LogP contribution < -0.4 is 5.32 Å². The van der Waals surface area contributed by atoms with Gasteiger partial charge in [0.25, 0.3) is 0 Å². The number of benzene rings is 2. The molecular formula is C19H22N2. The van der Waals surface area contributed by atoms with Gasteiger partial charge in [-0.05, 0) is 37.0 Å². The predicted molar refractivity (Wildman–Crippen MR) is 89.4 cm³/mol. The fraction of sp³-hybridized carbons (Fsp3) is 0.263. The molecule has 3 rings (SSSR count). The van der Waals surface area contributed by atoms with Gasteiger partial charge >= 0.3 is 0 Å². The molecule has 0 radical (unpaired) electrons. The molecule has 0 amide bonds. The Labute approximate surface area is 126 Å². The van der Waals surface area contributed by atoms with Gasteiger partial charge in [-0.25, -0.2) is 0 Å². The van der Waals surface area contributed by atoms with Gasteiger partial charge in [-0.2, -0.15) is 0 Å². The standard InChI is InChI=1S/C19H22N2/c1-15(11-12-16-7-3-2-4-8-16)20-13-17-14-21-19-10-6-5-9-18(17)19/h2-10,14-15,20-21H,11-13H2,1H3. The van der Waals surface area contributed by atoms with Crippen LogP contribution in [0.1, 0.15) is 24.5 Å². The maximum Gasteiger partial charge on any atom is 0.0457 e. The summed E-state index contributed by atoms with van der Waals surface area (Å²) < 4.78 is 0. The number of aromatic nitrogens is 1. The molecule has 0 fully saturated rings. The van der Waals surface area contributed by atoms with E-state index in [9.17, 15) is 0 Å². The molecule has 2 N–H and O–H groups in total. The van der Waals surface area contributed by atoms with E-state index in [-0.39, 0.29) is 0 Å². The van der Waals surface area contributed by atoms with Crippen molar-refractivity contribution in [1.29, 1.82) is 0 Å². The molecule has 1 heterocycles. The van der Waals surface area contributed by atoms with Crippen LogP contribution >= 0.6 is 0 Å². The number of H-pyrrole nitrogens is 1. The molecular weight excluding hydrogens is 256 g/mol. The van der Waals surface area contributed by atoms with E-state index in [4.69, 9.17) is 0 Å². The maximum atomic E-state index is 3.63. The van der Waals surface area contributed by atoms with Crippen molar-refractivity contribution in [1.82, 2.24) is 10.3 Å². The maximum absolute atomic E-state index is 3.63. The molecule has 2 nitrogen and oxygen atoms in total. The van der Waals surface area contributed by atoms with Crippen LogP contribution in [-0.2, 0) is 13.0 Å². The molecule has 1 unspecified atom stereocenters. The van der Waals surface area contributed by atoms with Crippen molar-refractivity contribution >= 4 is 10.9 Å². The van der Waals surface area contributed by atoms with Gasteiger partial charge in [-0.15, -0.1) is 0 Å². The summed E-state index contributed by atoms with van der Waals surface area (Å²) in [6, 6.07) is 19.7. The number of nitrogens with one attached hydrogen (secondary N) is 2. The molecule has 0 bridgehead atoms. The van der Waals surface area contributed by atoms with E-state index in [1.165, 1.54) is 22.0 Å². The Morgan fingerprint density at radius 1 is 1.00 bits per heavy atom. The molecule has 1 aromatic heterocycles. The lowest BCUT2D eigenvalue weighted by Crippen LogP contribution is -2.25. The Kier molecular flexibility index (Phi) is 4.37. The quantitative estimate of drug-likeness (QED) is 0.692. The Hall–Kier alpha value is -2.06. The number of aromatic amines is 1. The average Bonchev–Trinajstić information content (AvgIpc) is 2.95. The zero-order valence-electron chi connectivity index (χ0n) is 12.5. The number of para-hydroxylation sites is 1. The minimum atomic E-state index is 0.513. The first-order valence-electron chi connectivity index (χ1n) is 7.65. The second kappa shape index (κ2) is 6.59. The van der Waals surface area contributed by atoms with Crippen molar-refractivity contribution in [2.75, 3.05) is 0 Å². The van der Waals surface area contributed by atoms with Crippen LogP contribution in [0.2, 0.25) is 0 Å². The van der Waals surface area contributed by atoms with Crippen molar-refractivity contribution in [3.63, 3.8) is 0 Å². The average molecular weight is 278 g/mol. The van der Waals surface area contributed by atoms with Crippen LogP contribution in [0.15, 0.2) is 60.8 Å². The molecule has 1 atom stereocenters. The zero-order chi connectivity index (χ0) is 14.5. The third-order valence-electron chi connectivity index (χ3n) is 4.02. The second-order valence-electron chi connectivity index (χ2n) is 5.67. The Balaban J connectivity index is 1.53. The second-order valence-corrected chi connectivity index (χ2v) is 5.67. The van der Waals surface area contributed by atoms with Crippen molar-refractivity contribution in [3.05, 3.63) is 71.9 Å². The molecule has 0 saturated heterocycles. The summed E-state index contributed by atoms with van der Waals surface area (Å²) in [6.07, 6.45) is 4.40. The van der Waals surface area contributed by atoms with Crippen LogP contribution in [-0.4, -0.2) is 11.0 Å². The molecule has 3 aromatic rings. The lowest BCUT2D eigenvalue weighted by atomic mass is 10.1. The largest absolute Gasteiger partial charge is 0.361 e. The Morgan fingerprint density at radius 2 is 1.76 bits per heavy atom. The van der Waals surface area contributed by atoms with Gasteiger partial charge in [0.15, 0.2) is 0 Å². The highest BCUT2D eigenvalue weighted by molar-refractivity contribution is 5.82. The first-order valence-corrected chi connectivity index (χ1v) is 7.65. The Morgan fingerprint density at radius 3 is 2.62 bits per heavy atom. The number of fused-ring (bicyclic) bond motifs is 1. The van der Waals surface area contributed by atoms with E-state index in [1.807, 2.05) is 0 Å². The van der Waals surface area contributed by atoms with Crippen molar-refractivity contribution in [2.24, 2.45) is 0 Å². The van der Waals surface area contributed by atoms with E-state index < -0.39 is 0 Å². The Bertz CT molecular complexity index is 685. The van der Waals surface area contributed by atoms with Gasteiger partial charge in [-0.1, -0.05) is 48.5 Å².